The normalized spacial score (nSPS) is 11.4. The molecule has 5 nitrogen and oxygen atoms in total. The summed E-state index contributed by atoms with van der Waals surface area (Å²) in [5, 5.41) is 5.05. The Hall–Kier alpha value is -2.73. The van der Waals surface area contributed by atoms with Crippen LogP contribution in [0.3, 0.4) is 0 Å². The van der Waals surface area contributed by atoms with Crippen molar-refractivity contribution in [1.82, 2.24) is 9.97 Å². The van der Waals surface area contributed by atoms with Gasteiger partial charge in [-0.3, -0.25) is 14.9 Å². The lowest BCUT2D eigenvalue weighted by molar-refractivity contribution is 0.102. The maximum Gasteiger partial charge on any atom is 0.263 e. The summed E-state index contributed by atoms with van der Waals surface area (Å²) in [4.78, 5) is 31.2. The van der Waals surface area contributed by atoms with Crippen molar-refractivity contribution in [3.05, 3.63) is 69.0 Å². The lowest BCUT2D eigenvalue weighted by Crippen LogP contribution is -2.23. The van der Waals surface area contributed by atoms with E-state index in [9.17, 15) is 9.59 Å². The maximum absolute atomic E-state index is 12.3. The first-order valence-corrected chi connectivity index (χ1v) is 9.20. The summed E-state index contributed by atoms with van der Waals surface area (Å²) in [7, 11) is 0. The Morgan fingerprint density at radius 2 is 1.81 bits per heavy atom. The number of nitrogens with zero attached hydrogens (tertiary/aromatic N) is 1. The van der Waals surface area contributed by atoms with Crippen LogP contribution in [0.1, 0.15) is 42.4 Å². The maximum atomic E-state index is 12.3. The molecule has 0 bridgehead atoms. The summed E-state index contributed by atoms with van der Waals surface area (Å²) in [6.07, 6.45) is 0. The number of hydrogen-bond donors (Lipinski definition) is 2. The van der Waals surface area contributed by atoms with E-state index in [1.165, 1.54) is 23.0 Å². The number of carbonyl (C=O) groups is 1. The molecular formula is C20H21N3O2S. The number of benzene rings is 1. The highest BCUT2D eigenvalue weighted by molar-refractivity contribution is 7.14. The van der Waals surface area contributed by atoms with Gasteiger partial charge in [0, 0.05) is 16.6 Å². The Labute approximate surface area is 156 Å². The predicted octanol–water partition coefficient (Wildman–Crippen LogP) is 4.36. The number of pyridine rings is 1. The van der Waals surface area contributed by atoms with E-state index < -0.39 is 11.5 Å². The first-order chi connectivity index (χ1) is 12.2. The molecule has 0 saturated heterocycles. The summed E-state index contributed by atoms with van der Waals surface area (Å²) < 4.78 is 0. The molecule has 0 unspecified atom stereocenters. The zero-order chi connectivity index (χ0) is 18.9. The number of rotatable bonds is 3. The van der Waals surface area contributed by atoms with Gasteiger partial charge in [0.05, 0.1) is 5.69 Å². The van der Waals surface area contributed by atoms with Gasteiger partial charge in [0.2, 0.25) is 0 Å². The zero-order valence-corrected chi connectivity index (χ0v) is 16.0. The molecule has 6 heteroatoms. The highest BCUT2D eigenvalue weighted by atomic mass is 32.1. The van der Waals surface area contributed by atoms with E-state index in [0.717, 1.165) is 11.3 Å². The number of nitrogens with one attached hydrogen (secondary N) is 2. The van der Waals surface area contributed by atoms with E-state index >= 15 is 0 Å². The number of H-pyrrole nitrogens is 1. The molecule has 2 N–H and O–H groups in total. The molecule has 0 spiro atoms. The quantitative estimate of drug-likeness (QED) is 0.722. The largest absolute Gasteiger partial charge is 0.326 e. The monoisotopic (exact) mass is 367 g/mol. The molecule has 0 aliphatic rings. The molecule has 0 fully saturated rings. The van der Waals surface area contributed by atoms with Crippen LogP contribution < -0.4 is 10.9 Å². The molecule has 26 heavy (non-hydrogen) atoms. The van der Waals surface area contributed by atoms with Gasteiger partial charge in [-0.05, 0) is 30.0 Å². The molecule has 0 aliphatic carbocycles. The Kier molecular flexibility index (Phi) is 4.78. The first-order valence-electron chi connectivity index (χ1n) is 8.32. The Balaban J connectivity index is 1.77. The number of aromatic amines is 1. The fourth-order valence-corrected chi connectivity index (χ4v) is 3.23. The summed E-state index contributed by atoms with van der Waals surface area (Å²) >= 11 is 1.33. The molecule has 3 rings (SSSR count). The Bertz CT molecular complexity index is 995. The number of amides is 1. The van der Waals surface area contributed by atoms with Gasteiger partial charge in [-0.25, -0.2) is 4.98 Å². The summed E-state index contributed by atoms with van der Waals surface area (Å²) in [5.41, 5.74) is 3.51. The second-order valence-corrected chi connectivity index (χ2v) is 8.06. The lowest BCUT2D eigenvalue weighted by Gasteiger charge is -2.18. The van der Waals surface area contributed by atoms with Gasteiger partial charge in [0.25, 0.3) is 11.5 Å². The van der Waals surface area contributed by atoms with Gasteiger partial charge >= 0.3 is 0 Å². The van der Waals surface area contributed by atoms with E-state index in [1.807, 2.05) is 17.5 Å². The Morgan fingerprint density at radius 3 is 2.42 bits per heavy atom. The number of carbonyl (C=O) groups excluding carboxylic acids is 1. The Morgan fingerprint density at radius 1 is 1.12 bits per heavy atom. The fraction of sp³-hybridized carbons (Fsp3) is 0.250. The summed E-state index contributed by atoms with van der Waals surface area (Å²) in [6, 6.07) is 11.5. The van der Waals surface area contributed by atoms with Crippen LogP contribution in [-0.2, 0) is 5.41 Å². The number of aryl methyl sites for hydroxylation is 1. The second kappa shape index (κ2) is 6.88. The minimum absolute atomic E-state index is 0.0712. The van der Waals surface area contributed by atoms with E-state index in [1.54, 1.807) is 13.0 Å². The molecule has 3 aromatic rings. The van der Waals surface area contributed by atoms with E-state index in [0.29, 0.717) is 10.8 Å². The number of anilines is 1. The molecule has 0 saturated carbocycles. The zero-order valence-electron chi connectivity index (χ0n) is 15.2. The van der Waals surface area contributed by atoms with Crippen molar-refractivity contribution in [2.24, 2.45) is 0 Å². The fourth-order valence-electron chi connectivity index (χ4n) is 2.52. The van der Waals surface area contributed by atoms with Crippen molar-refractivity contribution in [3.8, 4) is 11.3 Å². The van der Waals surface area contributed by atoms with Gasteiger partial charge in [-0.2, -0.15) is 0 Å². The molecule has 2 aromatic heterocycles. The van der Waals surface area contributed by atoms with Gasteiger partial charge in [-0.1, -0.05) is 45.0 Å². The SMILES string of the molecule is Cc1ccc(C(=O)Nc2nc(-c3ccc(C(C)(C)C)cc3)cs2)c(=O)[nH]1. The van der Waals surface area contributed by atoms with Crippen LogP contribution >= 0.6 is 11.3 Å². The van der Waals surface area contributed by atoms with E-state index in [2.05, 4.69) is 48.2 Å². The van der Waals surface area contributed by atoms with Crippen LogP contribution in [0.2, 0.25) is 0 Å². The topological polar surface area (TPSA) is 74.8 Å². The van der Waals surface area contributed by atoms with Crippen LogP contribution in [-0.4, -0.2) is 15.9 Å². The smallest absolute Gasteiger partial charge is 0.263 e. The second-order valence-electron chi connectivity index (χ2n) is 7.20. The third kappa shape index (κ3) is 3.91. The van der Waals surface area contributed by atoms with Gasteiger partial charge in [0.1, 0.15) is 5.56 Å². The number of thiazole rings is 1. The van der Waals surface area contributed by atoms with Crippen molar-refractivity contribution >= 4 is 22.4 Å². The van der Waals surface area contributed by atoms with E-state index in [-0.39, 0.29) is 11.0 Å². The molecule has 2 heterocycles. The minimum Gasteiger partial charge on any atom is -0.326 e. The van der Waals surface area contributed by atoms with Gasteiger partial charge < -0.3 is 4.98 Å². The highest BCUT2D eigenvalue weighted by Crippen LogP contribution is 2.28. The van der Waals surface area contributed by atoms with Crippen molar-refractivity contribution in [2.45, 2.75) is 33.1 Å². The molecule has 1 aromatic carbocycles. The lowest BCUT2D eigenvalue weighted by atomic mass is 9.86. The van der Waals surface area contributed by atoms with Gasteiger partial charge in [0.15, 0.2) is 5.13 Å². The van der Waals surface area contributed by atoms with Gasteiger partial charge in [-0.15, -0.1) is 11.3 Å². The van der Waals surface area contributed by atoms with Crippen molar-refractivity contribution < 1.29 is 4.79 Å². The molecule has 1 amide bonds. The van der Waals surface area contributed by atoms with Crippen molar-refractivity contribution in [1.29, 1.82) is 0 Å². The molecule has 0 atom stereocenters. The molecular weight excluding hydrogens is 346 g/mol. The number of hydrogen-bond acceptors (Lipinski definition) is 4. The predicted molar refractivity (Wildman–Crippen MR) is 106 cm³/mol. The van der Waals surface area contributed by atoms with Crippen LogP contribution in [0.25, 0.3) is 11.3 Å². The molecule has 0 radical (unpaired) electrons. The average Bonchev–Trinajstić information content (AvgIpc) is 3.02. The van der Waals surface area contributed by atoms with Crippen LogP contribution in [0.4, 0.5) is 5.13 Å². The molecule has 134 valence electrons. The first kappa shape index (κ1) is 18.1. The van der Waals surface area contributed by atoms with Crippen LogP contribution in [0, 0.1) is 6.92 Å². The van der Waals surface area contributed by atoms with E-state index in [4.69, 9.17) is 0 Å². The van der Waals surface area contributed by atoms with Crippen molar-refractivity contribution in [2.75, 3.05) is 5.32 Å². The minimum atomic E-state index is -0.463. The number of aromatic nitrogens is 2. The average molecular weight is 367 g/mol. The van der Waals surface area contributed by atoms with Crippen molar-refractivity contribution in [3.63, 3.8) is 0 Å². The molecule has 0 aliphatic heterocycles. The third-order valence-electron chi connectivity index (χ3n) is 4.07. The van der Waals surface area contributed by atoms with Crippen LogP contribution in [0.15, 0.2) is 46.6 Å². The standard InChI is InChI=1S/C20H21N3O2S/c1-12-5-10-15(17(24)21-12)18(25)23-19-22-16(11-26-19)13-6-8-14(9-7-13)20(2,3)4/h5-11H,1-4H3,(H,21,24)(H,22,23,25). The summed E-state index contributed by atoms with van der Waals surface area (Å²) in [5.74, 6) is -0.463. The third-order valence-corrected chi connectivity index (χ3v) is 4.83. The summed E-state index contributed by atoms with van der Waals surface area (Å²) in [6.45, 7) is 8.28. The van der Waals surface area contributed by atoms with Crippen LogP contribution in [0.5, 0.6) is 0 Å². The highest BCUT2D eigenvalue weighted by Gasteiger charge is 2.15.